The maximum absolute atomic E-state index is 11.7. The standard InChI is InChI=1S/C14H22N2O2S/c1-3-19(17,18)13-8-6-12(7-9-13)16-14(2,10-15)11-4-5-11/h6-9,11,16H,3-5,10,15H2,1-2H3. The van der Waals surface area contributed by atoms with Crippen molar-refractivity contribution in [2.75, 3.05) is 17.6 Å². The van der Waals surface area contributed by atoms with Gasteiger partial charge in [-0.2, -0.15) is 0 Å². The maximum atomic E-state index is 11.7. The molecule has 0 aliphatic heterocycles. The van der Waals surface area contributed by atoms with Crippen molar-refractivity contribution in [2.24, 2.45) is 11.7 Å². The van der Waals surface area contributed by atoms with Crippen molar-refractivity contribution in [3.05, 3.63) is 24.3 Å². The van der Waals surface area contributed by atoms with E-state index in [0.717, 1.165) is 5.69 Å². The first-order valence-corrected chi connectivity index (χ1v) is 8.37. The molecule has 1 atom stereocenters. The number of hydrogen-bond donors (Lipinski definition) is 2. The van der Waals surface area contributed by atoms with Gasteiger partial charge in [0.2, 0.25) is 0 Å². The number of nitrogens with two attached hydrogens (primary N) is 1. The topological polar surface area (TPSA) is 72.2 Å². The van der Waals surface area contributed by atoms with Crippen LogP contribution in [0.2, 0.25) is 0 Å². The Labute approximate surface area is 115 Å². The molecule has 4 nitrogen and oxygen atoms in total. The molecule has 1 aromatic rings. The van der Waals surface area contributed by atoms with Crippen LogP contribution < -0.4 is 11.1 Å². The SMILES string of the molecule is CCS(=O)(=O)c1ccc(NC(C)(CN)C2CC2)cc1. The molecule has 0 aromatic heterocycles. The normalized spacial score (nSPS) is 18.9. The van der Waals surface area contributed by atoms with E-state index in [9.17, 15) is 8.42 Å². The van der Waals surface area contributed by atoms with E-state index in [1.54, 1.807) is 19.1 Å². The summed E-state index contributed by atoms with van der Waals surface area (Å²) >= 11 is 0. The fourth-order valence-corrected chi connectivity index (χ4v) is 3.17. The molecular formula is C14H22N2O2S. The average Bonchev–Trinajstić information content (AvgIpc) is 3.24. The van der Waals surface area contributed by atoms with Gasteiger partial charge in [0.15, 0.2) is 9.84 Å². The van der Waals surface area contributed by atoms with E-state index in [4.69, 9.17) is 5.73 Å². The summed E-state index contributed by atoms with van der Waals surface area (Å²) in [4.78, 5) is 0.376. The lowest BCUT2D eigenvalue weighted by Gasteiger charge is -2.30. The summed E-state index contributed by atoms with van der Waals surface area (Å²) in [5, 5.41) is 3.44. The highest BCUT2D eigenvalue weighted by atomic mass is 32.2. The molecule has 1 aromatic carbocycles. The van der Waals surface area contributed by atoms with Gasteiger partial charge in [-0.05, 0) is 49.9 Å². The van der Waals surface area contributed by atoms with Gasteiger partial charge >= 0.3 is 0 Å². The van der Waals surface area contributed by atoms with E-state index < -0.39 is 9.84 Å². The largest absolute Gasteiger partial charge is 0.378 e. The molecule has 106 valence electrons. The summed E-state index contributed by atoms with van der Waals surface area (Å²) in [6.45, 7) is 4.36. The third-order valence-electron chi connectivity index (χ3n) is 3.93. The molecular weight excluding hydrogens is 260 g/mol. The van der Waals surface area contributed by atoms with Gasteiger partial charge in [-0.3, -0.25) is 0 Å². The van der Waals surface area contributed by atoms with Gasteiger partial charge in [0, 0.05) is 17.8 Å². The molecule has 0 spiro atoms. The minimum Gasteiger partial charge on any atom is -0.378 e. The van der Waals surface area contributed by atoms with Crippen LogP contribution in [0.25, 0.3) is 0 Å². The Morgan fingerprint density at radius 2 is 1.89 bits per heavy atom. The summed E-state index contributed by atoms with van der Waals surface area (Å²) in [6, 6.07) is 6.95. The van der Waals surface area contributed by atoms with Gasteiger partial charge < -0.3 is 11.1 Å². The van der Waals surface area contributed by atoms with Crippen LogP contribution in [0.4, 0.5) is 5.69 Å². The van der Waals surface area contributed by atoms with E-state index in [0.29, 0.717) is 17.4 Å². The Morgan fingerprint density at radius 1 is 1.32 bits per heavy atom. The summed E-state index contributed by atoms with van der Waals surface area (Å²) in [6.07, 6.45) is 2.42. The third-order valence-corrected chi connectivity index (χ3v) is 5.68. The van der Waals surface area contributed by atoms with Gasteiger partial charge in [-0.15, -0.1) is 0 Å². The number of sulfone groups is 1. The van der Waals surface area contributed by atoms with Crippen LogP contribution in [0.1, 0.15) is 26.7 Å². The molecule has 1 unspecified atom stereocenters. The second kappa shape index (κ2) is 5.13. The van der Waals surface area contributed by atoms with Crippen LogP contribution in [0.3, 0.4) is 0 Å². The van der Waals surface area contributed by atoms with Crippen molar-refractivity contribution < 1.29 is 8.42 Å². The average molecular weight is 282 g/mol. The van der Waals surface area contributed by atoms with Crippen molar-refractivity contribution >= 4 is 15.5 Å². The number of anilines is 1. The Hall–Kier alpha value is -1.07. The minimum absolute atomic E-state index is 0.0921. The van der Waals surface area contributed by atoms with Crippen molar-refractivity contribution in [3.63, 3.8) is 0 Å². The zero-order chi connectivity index (χ0) is 14.1. The van der Waals surface area contributed by atoms with Crippen LogP contribution in [-0.2, 0) is 9.84 Å². The van der Waals surface area contributed by atoms with Crippen LogP contribution in [-0.4, -0.2) is 26.3 Å². The van der Waals surface area contributed by atoms with Crippen LogP contribution in [0.15, 0.2) is 29.2 Å². The summed E-state index contributed by atoms with van der Waals surface area (Å²) in [5.41, 5.74) is 6.69. The third kappa shape index (κ3) is 3.09. The van der Waals surface area contributed by atoms with Crippen molar-refractivity contribution in [1.82, 2.24) is 0 Å². The molecule has 1 aliphatic rings. The minimum atomic E-state index is -3.12. The zero-order valence-electron chi connectivity index (χ0n) is 11.5. The summed E-state index contributed by atoms with van der Waals surface area (Å²) in [5.74, 6) is 0.749. The van der Waals surface area contributed by atoms with Crippen LogP contribution in [0, 0.1) is 5.92 Å². The molecule has 2 rings (SSSR count). The van der Waals surface area contributed by atoms with Gasteiger partial charge in [-0.25, -0.2) is 8.42 Å². The molecule has 1 saturated carbocycles. The molecule has 0 radical (unpaired) electrons. The summed E-state index contributed by atoms with van der Waals surface area (Å²) in [7, 11) is -3.12. The van der Waals surface area contributed by atoms with Gasteiger partial charge in [0.25, 0.3) is 0 Å². The van der Waals surface area contributed by atoms with Crippen molar-refractivity contribution in [2.45, 2.75) is 37.1 Å². The number of benzene rings is 1. The molecule has 19 heavy (non-hydrogen) atoms. The molecule has 5 heteroatoms. The Kier molecular flexibility index (Phi) is 3.87. The van der Waals surface area contributed by atoms with Crippen LogP contribution >= 0.6 is 0 Å². The fraction of sp³-hybridized carbons (Fsp3) is 0.571. The Morgan fingerprint density at radius 3 is 2.32 bits per heavy atom. The highest BCUT2D eigenvalue weighted by Gasteiger charge is 2.40. The first-order valence-electron chi connectivity index (χ1n) is 6.72. The lowest BCUT2D eigenvalue weighted by molar-refractivity contribution is 0.459. The number of nitrogens with one attached hydrogen (secondary N) is 1. The quantitative estimate of drug-likeness (QED) is 0.837. The Bertz CT molecular complexity index is 535. The van der Waals surface area contributed by atoms with Gasteiger partial charge in [0.1, 0.15) is 0 Å². The molecule has 0 bridgehead atoms. The predicted molar refractivity (Wildman–Crippen MR) is 78.0 cm³/mol. The smallest absolute Gasteiger partial charge is 0.178 e. The lowest BCUT2D eigenvalue weighted by Crippen LogP contribution is -2.44. The number of hydrogen-bond acceptors (Lipinski definition) is 4. The molecule has 0 heterocycles. The zero-order valence-corrected chi connectivity index (χ0v) is 12.3. The van der Waals surface area contributed by atoms with Gasteiger partial charge in [0.05, 0.1) is 10.6 Å². The fourth-order valence-electron chi connectivity index (χ4n) is 2.28. The molecule has 1 fully saturated rings. The van der Waals surface area contributed by atoms with E-state index >= 15 is 0 Å². The van der Waals surface area contributed by atoms with Crippen molar-refractivity contribution in [3.8, 4) is 0 Å². The first kappa shape index (κ1) is 14.3. The van der Waals surface area contributed by atoms with Crippen LogP contribution in [0.5, 0.6) is 0 Å². The van der Waals surface area contributed by atoms with E-state index in [-0.39, 0.29) is 11.3 Å². The van der Waals surface area contributed by atoms with E-state index in [1.807, 2.05) is 12.1 Å². The lowest BCUT2D eigenvalue weighted by atomic mass is 9.95. The highest BCUT2D eigenvalue weighted by molar-refractivity contribution is 7.91. The molecule has 0 saturated heterocycles. The molecule has 3 N–H and O–H groups in total. The van der Waals surface area contributed by atoms with E-state index in [1.165, 1.54) is 12.8 Å². The summed E-state index contributed by atoms with van der Waals surface area (Å²) < 4.78 is 23.5. The van der Waals surface area contributed by atoms with E-state index in [2.05, 4.69) is 12.2 Å². The van der Waals surface area contributed by atoms with Crippen molar-refractivity contribution in [1.29, 1.82) is 0 Å². The Balaban J connectivity index is 2.15. The molecule has 0 amide bonds. The monoisotopic (exact) mass is 282 g/mol. The highest BCUT2D eigenvalue weighted by Crippen LogP contribution is 2.40. The first-order chi connectivity index (χ1) is 8.91. The van der Waals surface area contributed by atoms with Gasteiger partial charge in [-0.1, -0.05) is 6.92 Å². The number of rotatable bonds is 6. The molecule has 1 aliphatic carbocycles. The second-order valence-electron chi connectivity index (χ2n) is 5.45. The predicted octanol–water partition coefficient (Wildman–Crippen LogP) is 2.02. The maximum Gasteiger partial charge on any atom is 0.178 e. The second-order valence-corrected chi connectivity index (χ2v) is 7.73.